The van der Waals surface area contributed by atoms with Gasteiger partial charge in [-0.25, -0.2) is 0 Å². The number of hydrogen-bond donors (Lipinski definition) is 3. The molecule has 0 aliphatic rings. The van der Waals surface area contributed by atoms with E-state index in [2.05, 4.69) is 15.5 Å². The molecular formula is C9H16N4O2S. The summed E-state index contributed by atoms with van der Waals surface area (Å²) in [6, 6.07) is -0.172. The summed E-state index contributed by atoms with van der Waals surface area (Å²) in [6.07, 6.45) is 1.59. The van der Waals surface area contributed by atoms with Crippen LogP contribution in [0.4, 0.5) is 5.69 Å². The van der Waals surface area contributed by atoms with Crippen molar-refractivity contribution in [2.75, 3.05) is 17.7 Å². The van der Waals surface area contributed by atoms with Crippen molar-refractivity contribution in [3.63, 3.8) is 0 Å². The highest BCUT2D eigenvalue weighted by Gasteiger charge is 2.17. The van der Waals surface area contributed by atoms with Crippen molar-refractivity contribution < 1.29 is 9.00 Å². The van der Waals surface area contributed by atoms with Gasteiger partial charge in [-0.15, -0.1) is 0 Å². The van der Waals surface area contributed by atoms with Crippen LogP contribution < -0.4 is 11.1 Å². The monoisotopic (exact) mass is 244 g/mol. The molecule has 7 heteroatoms. The third-order valence-electron chi connectivity index (χ3n) is 2.07. The summed E-state index contributed by atoms with van der Waals surface area (Å²) >= 11 is 0. The molecule has 4 N–H and O–H groups in total. The predicted octanol–water partition coefficient (Wildman–Crippen LogP) is -0.203. The van der Waals surface area contributed by atoms with E-state index in [1.165, 1.54) is 0 Å². The van der Waals surface area contributed by atoms with E-state index in [4.69, 9.17) is 5.73 Å². The van der Waals surface area contributed by atoms with Crippen LogP contribution in [0.1, 0.15) is 23.1 Å². The van der Waals surface area contributed by atoms with E-state index in [1.54, 1.807) is 20.1 Å². The quantitative estimate of drug-likeness (QED) is 0.682. The second-order valence-corrected chi connectivity index (χ2v) is 5.20. The number of carbonyl (C=O) groups is 1. The van der Waals surface area contributed by atoms with Crippen LogP contribution in [0, 0.1) is 6.92 Å². The number of aromatic amines is 1. The average molecular weight is 244 g/mol. The average Bonchev–Trinajstić information content (AvgIpc) is 2.45. The van der Waals surface area contributed by atoms with Gasteiger partial charge < -0.3 is 11.1 Å². The topological polar surface area (TPSA) is 101 Å². The first-order valence-electron chi connectivity index (χ1n) is 4.83. The van der Waals surface area contributed by atoms with Gasteiger partial charge in [0.15, 0.2) is 5.69 Å². The third kappa shape index (κ3) is 3.06. The number of nitrogens with one attached hydrogen (secondary N) is 2. The molecule has 2 atom stereocenters. The minimum Gasteiger partial charge on any atom is -0.395 e. The number of aryl methyl sites for hydroxylation is 1. The number of aromatic nitrogens is 2. The Kier molecular flexibility index (Phi) is 4.05. The van der Waals surface area contributed by atoms with Crippen molar-refractivity contribution in [3.8, 4) is 0 Å². The molecule has 1 amide bonds. The SMILES string of the molecule is Cc1[nH]nc(C(=O)NC(C)CS(C)=O)c1N. The van der Waals surface area contributed by atoms with Gasteiger partial charge in [-0.2, -0.15) is 5.10 Å². The second kappa shape index (κ2) is 5.11. The molecule has 1 rings (SSSR count). The highest BCUT2D eigenvalue weighted by molar-refractivity contribution is 7.84. The normalized spacial score (nSPS) is 14.4. The number of hydrogen-bond acceptors (Lipinski definition) is 4. The van der Waals surface area contributed by atoms with E-state index < -0.39 is 10.8 Å². The Hall–Kier alpha value is -1.37. The Balaban J connectivity index is 2.66. The minimum atomic E-state index is -0.943. The minimum absolute atomic E-state index is 0.172. The van der Waals surface area contributed by atoms with Gasteiger partial charge in [0, 0.05) is 28.9 Å². The lowest BCUT2D eigenvalue weighted by Crippen LogP contribution is -2.36. The van der Waals surface area contributed by atoms with E-state index >= 15 is 0 Å². The maximum atomic E-state index is 11.7. The molecule has 0 radical (unpaired) electrons. The summed E-state index contributed by atoms with van der Waals surface area (Å²) in [6.45, 7) is 3.53. The molecule has 90 valence electrons. The van der Waals surface area contributed by atoms with E-state index in [-0.39, 0.29) is 17.6 Å². The van der Waals surface area contributed by atoms with Crippen molar-refractivity contribution in [2.24, 2.45) is 0 Å². The van der Waals surface area contributed by atoms with Crippen molar-refractivity contribution in [1.82, 2.24) is 15.5 Å². The molecular weight excluding hydrogens is 228 g/mol. The first-order valence-corrected chi connectivity index (χ1v) is 6.56. The molecule has 0 aliphatic heterocycles. The number of rotatable bonds is 4. The summed E-state index contributed by atoms with van der Waals surface area (Å²) in [7, 11) is -0.943. The highest BCUT2D eigenvalue weighted by atomic mass is 32.2. The smallest absolute Gasteiger partial charge is 0.274 e. The van der Waals surface area contributed by atoms with Crippen molar-refractivity contribution in [1.29, 1.82) is 0 Å². The van der Waals surface area contributed by atoms with E-state index in [0.717, 1.165) is 0 Å². The summed E-state index contributed by atoms with van der Waals surface area (Å²) in [5, 5.41) is 9.13. The molecule has 0 saturated carbocycles. The summed E-state index contributed by atoms with van der Waals surface area (Å²) in [4.78, 5) is 11.7. The molecule has 0 bridgehead atoms. The lowest BCUT2D eigenvalue weighted by atomic mass is 10.3. The zero-order valence-corrected chi connectivity index (χ0v) is 10.4. The highest BCUT2D eigenvalue weighted by Crippen LogP contribution is 2.12. The fourth-order valence-corrected chi connectivity index (χ4v) is 2.08. The first-order chi connectivity index (χ1) is 7.41. The number of H-pyrrole nitrogens is 1. The number of nitrogen functional groups attached to an aromatic ring is 1. The third-order valence-corrected chi connectivity index (χ3v) is 3.04. The summed E-state index contributed by atoms with van der Waals surface area (Å²) in [5.41, 5.74) is 6.87. The van der Waals surface area contributed by atoms with Crippen LogP contribution >= 0.6 is 0 Å². The van der Waals surface area contributed by atoms with Gasteiger partial charge in [0.25, 0.3) is 5.91 Å². The van der Waals surface area contributed by atoms with Gasteiger partial charge in [0.1, 0.15) is 0 Å². The van der Waals surface area contributed by atoms with Gasteiger partial charge >= 0.3 is 0 Å². The fraction of sp³-hybridized carbons (Fsp3) is 0.556. The van der Waals surface area contributed by atoms with E-state index in [9.17, 15) is 9.00 Å². The Morgan fingerprint density at radius 1 is 1.69 bits per heavy atom. The Morgan fingerprint density at radius 2 is 2.31 bits per heavy atom. The lowest BCUT2D eigenvalue weighted by Gasteiger charge is -2.11. The van der Waals surface area contributed by atoms with Crippen LogP contribution in [-0.4, -0.2) is 38.4 Å². The van der Waals surface area contributed by atoms with Gasteiger partial charge in [-0.1, -0.05) is 0 Å². The van der Waals surface area contributed by atoms with Crippen molar-refractivity contribution in [2.45, 2.75) is 19.9 Å². The second-order valence-electron chi connectivity index (χ2n) is 3.73. The molecule has 0 saturated heterocycles. The summed E-state index contributed by atoms with van der Waals surface area (Å²) in [5.74, 6) is 0.0643. The summed E-state index contributed by atoms with van der Waals surface area (Å²) < 4.78 is 11.0. The maximum Gasteiger partial charge on any atom is 0.274 e. The molecule has 1 heterocycles. The largest absolute Gasteiger partial charge is 0.395 e. The van der Waals surface area contributed by atoms with E-state index in [1.807, 2.05) is 0 Å². The molecule has 0 fully saturated rings. The molecule has 16 heavy (non-hydrogen) atoms. The number of nitrogens with zero attached hydrogens (tertiary/aromatic N) is 1. The van der Waals surface area contributed by atoms with E-state index in [0.29, 0.717) is 17.1 Å². The number of anilines is 1. The Morgan fingerprint density at radius 3 is 2.75 bits per heavy atom. The van der Waals surface area contributed by atoms with Crippen LogP contribution in [0.15, 0.2) is 0 Å². The molecule has 6 nitrogen and oxygen atoms in total. The fourth-order valence-electron chi connectivity index (χ4n) is 1.30. The van der Waals surface area contributed by atoms with Gasteiger partial charge in [-0.3, -0.25) is 14.1 Å². The standard InChI is InChI=1S/C9H16N4O2S/c1-5(4-16(3)15)11-9(14)8-7(10)6(2)12-13-8/h5H,4,10H2,1-3H3,(H,11,14)(H,12,13). The zero-order valence-electron chi connectivity index (χ0n) is 9.53. The van der Waals surface area contributed by atoms with Crippen LogP contribution in [-0.2, 0) is 10.8 Å². The van der Waals surface area contributed by atoms with Crippen molar-refractivity contribution in [3.05, 3.63) is 11.4 Å². The molecule has 1 aromatic rings. The van der Waals surface area contributed by atoms with Gasteiger partial charge in [0.2, 0.25) is 0 Å². The Labute approximate surface area is 96.4 Å². The van der Waals surface area contributed by atoms with Crippen LogP contribution in [0.3, 0.4) is 0 Å². The number of carbonyl (C=O) groups excluding carboxylic acids is 1. The van der Waals surface area contributed by atoms with Gasteiger partial charge in [-0.05, 0) is 13.8 Å². The van der Waals surface area contributed by atoms with Crippen LogP contribution in [0.5, 0.6) is 0 Å². The molecule has 0 aromatic carbocycles. The molecule has 0 aliphatic carbocycles. The number of nitrogens with two attached hydrogens (primary N) is 1. The van der Waals surface area contributed by atoms with Gasteiger partial charge in [0.05, 0.1) is 11.4 Å². The zero-order chi connectivity index (χ0) is 12.3. The molecule has 2 unspecified atom stereocenters. The predicted molar refractivity (Wildman–Crippen MR) is 63.6 cm³/mol. The van der Waals surface area contributed by atoms with Crippen LogP contribution in [0.2, 0.25) is 0 Å². The molecule has 1 aromatic heterocycles. The first kappa shape index (κ1) is 12.7. The molecule has 0 spiro atoms. The van der Waals surface area contributed by atoms with Crippen LogP contribution in [0.25, 0.3) is 0 Å². The lowest BCUT2D eigenvalue weighted by molar-refractivity contribution is 0.0939. The Bertz CT molecular complexity index is 416. The maximum absolute atomic E-state index is 11.7. The number of amides is 1. The van der Waals surface area contributed by atoms with Crippen molar-refractivity contribution >= 4 is 22.4 Å².